The molecular weight excluding hydrogens is 330 g/mol. The molecule has 1 aromatic heterocycles. The number of carbonyl (C=O) groups is 2. The molecule has 1 unspecified atom stereocenters. The molecule has 6 nitrogen and oxygen atoms in total. The van der Waals surface area contributed by atoms with Crippen LogP contribution in [-0.2, 0) is 16.1 Å². The minimum absolute atomic E-state index is 0.0397. The van der Waals surface area contributed by atoms with E-state index in [1.54, 1.807) is 10.8 Å². The lowest BCUT2D eigenvalue weighted by molar-refractivity contribution is -0.135. The molecule has 0 aliphatic carbocycles. The van der Waals surface area contributed by atoms with Gasteiger partial charge in [-0.15, -0.1) is 0 Å². The number of hydrogen-bond donors (Lipinski definition) is 3. The van der Waals surface area contributed by atoms with Crippen molar-refractivity contribution in [1.29, 1.82) is 0 Å². The zero-order valence-electron chi connectivity index (χ0n) is 14.1. The SMILES string of the molecule is O=C1CCC(n2cc3c(NCc4ccccc4)cccc3c2O)C(=O)N1. The largest absolute Gasteiger partial charge is 0.494 e. The van der Waals surface area contributed by atoms with Gasteiger partial charge in [0.05, 0.1) is 0 Å². The van der Waals surface area contributed by atoms with Crippen LogP contribution in [0.25, 0.3) is 10.8 Å². The molecule has 1 saturated heterocycles. The van der Waals surface area contributed by atoms with Crippen molar-refractivity contribution in [3.63, 3.8) is 0 Å². The highest BCUT2D eigenvalue weighted by atomic mass is 16.3. The van der Waals surface area contributed by atoms with Crippen LogP contribution in [0, 0.1) is 0 Å². The number of carbonyl (C=O) groups excluding carboxylic acids is 2. The van der Waals surface area contributed by atoms with Crippen molar-refractivity contribution in [2.24, 2.45) is 0 Å². The molecular formula is C20H19N3O3. The Labute approximate surface area is 150 Å². The first-order chi connectivity index (χ1) is 12.6. The predicted molar refractivity (Wildman–Crippen MR) is 98.8 cm³/mol. The molecule has 0 spiro atoms. The molecule has 1 atom stereocenters. The molecule has 3 aromatic rings. The van der Waals surface area contributed by atoms with Crippen LogP contribution in [0.1, 0.15) is 24.4 Å². The topological polar surface area (TPSA) is 83.4 Å². The number of fused-ring (bicyclic) bond motifs is 1. The molecule has 4 rings (SSSR count). The van der Waals surface area contributed by atoms with Gasteiger partial charge in [-0.25, -0.2) is 0 Å². The van der Waals surface area contributed by atoms with Gasteiger partial charge in [0.1, 0.15) is 6.04 Å². The highest BCUT2D eigenvalue weighted by molar-refractivity contribution is 6.01. The van der Waals surface area contributed by atoms with Gasteiger partial charge < -0.3 is 15.0 Å². The van der Waals surface area contributed by atoms with Crippen LogP contribution in [0.5, 0.6) is 5.88 Å². The minimum atomic E-state index is -0.581. The molecule has 0 saturated carbocycles. The molecule has 1 aliphatic heterocycles. The number of hydrogen-bond acceptors (Lipinski definition) is 4. The molecule has 0 radical (unpaired) electrons. The van der Waals surface area contributed by atoms with Gasteiger partial charge in [-0.2, -0.15) is 0 Å². The fourth-order valence-corrected chi connectivity index (χ4v) is 3.37. The van der Waals surface area contributed by atoms with Crippen LogP contribution in [0.4, 0.5) is 5.69 Å². The van der Waals surface area contributed by atoms with Gasteiger partial charge in [-0.1, -0.05) is 36.4 Å². The van der Waals surface area contributed by atoms with E-state index in [4.69, 9.17) is 0 Å². The number of rotatable bonds is 4. The number of benzene rings is 2. The highest BCUT2D eigenvalue weighted by Gasteiger charge is 2.30. The number of aromatic nitrogens is 1. The average Bonchev–Trinajstić information content (AvgIpc) is 2.98. The summed E-state index contributed by atoms with van der Waals surface area (Å²) >= 11 is 0. The fraction of sp³-hybridized carbons (Fsp3) is 0.200. The van der Waals surface area contributed by atoms with Gasteiger partial charge >= 0.3 is 0 Å². The monoisotopic (exact) mass is 349 g/mol. The number of nitrogens with one attached hydrogen (secondary N) is 2. The molecule has 26 heavy (non-hydrogen) atoms. The van der Waals surface area contributed by atoms with E-state index in [1.807, 2.05) is 48.5 Å². The molecule has 0 bridgehead atoms. The zero-order chi connectivity index (χ0) is 18.1. The summed E-state index contributed by atoms with van der Waals surface area (Å²) in [6.45, 7) is 0.657. The zero-order valence-corrected chi connectivity index (χ0v) is 14.1. The van der Waals surface area contributed by atoms with Crippen molar-refractivity contribution in [3.8, 4) is 5.88 Å². The fourth-order valence-electron chi connectivity index (χ4n) is 3.37. The van der Waals surface area contributed by atoms with E-state index in [2.05, 4.69) is 10.6 Å². The number of nitrogens with zero attached hydrogens (tertiary/aromatic N) is 1. The first-order valence-electron chi connectivity index (χ1n) is 8.57. The maximum atomic E-state index is 12.2. The van der Waals surface area contributed by atoms with E-state index in [1.165, 1.54) is 0 Å². The van der Waals surface area contributed by atoms with E-state index in [-0.39, 0.29) is 24.1 Å². The smallest absolute Gasteiger partial charge is 0.249 e. The Bertz CT molecular complexity index is 979. The van der Waals surface area contributed by atoms with Crippen LogP contribution < -0.4 is 10.6 Å². The molecule has 2 amide bonds. The Hall–Kier alpha value is -3.28. The van der Waals surface area contributed by atoms with Crippen LogP contribution in [0.15, 0.2) is 54.7 Å². The molecule has 3 N–H and O–H groups in total. The van der Waals surface area contributed by atoms with Crippen LogP contribution >= 0.6 is 0 Å². The Morgan fingerprint density at radius 1 is 1.08 bits per heavy atom. The second-order valence-corrected chi connectivity index (χ2v) is 6.43. The van der Waals surface area contributed by atoms with Crippen LogP contribution in [0.3, 0.4) is 0 Å². The van der Waals surface area contributed by atoms with Crippen molar-refractivity contribution in [2.75, 3.05) is 5.32 Å². The van der Waals surface area contributed by atoms with Crippen molar-refractivity contribution in [2.45, 2.75) is 25.4 Å². The van der Waals surface area contributed by atoms with Crippen LogP contribution in [0.2, 0.25) is 0 Å². The summed E-state index contributed by atoms with van der Waals surface area (Å²) < 4.78 is 1.56. The lowest BCUT2D eigenvalue weighted by Gasteiger charge is -2.22. The lowest BCUT2D eigenvalue weighted by atomic mass is 10.1. The van der Waals surface area contributed by atoms with Crippen molar-refractivity contribution in [1.82, 2.24) is 9.88 Å². The van der Waals surface area contributed by atoms with Gasteiger partial charge in [0.2, 0.25) is 11.8 Å². The standard InChI is InChI=1S/C20H19N3O3/c24-18-10-9-17(19(25)22-18)23-12-15-14(20(23)26)7-4-8-16(15)21-11-13-5-2-1-3-6-13/h1-8,12,17,21,26H,9-11H2,(H,22,24,25). The molecule has 6 heteroatoms. The highest BCUT2D eigenvalue weighted by Crippen LogP contribution is 2.36. The Kier molecular flexibility index (Phi) is 4.08. The summed E-state index contributed by atoms with van der Waals surface area (Å²) in [4.78, 5) is 23.5. The summed E-state index contributed by atoms with van der Waals surface area (Å²) in [5, 5.41) is 17.8. The van der Waals surface area contributed by atoms with Crippen molar-refractivity contribution in [3.05, 3.63) is 60.3 Å². The summed E-state index contributed by atoms with van der Waals surface area (Å²) in [6, 6.07) is 15.1. The van der Waals surface area contributed by atoms with E-state index in [0.717, 1.165) is 16.6 Å². The van der Waals surface area contributed by atoms with E-state index < -0.39 is 6.04 Å². The summed E-state index contributed by atoms with van der Waals surface area (Å²) in [6.07, 6.45) is 2.42. The Balaban J connectivity index is 1.66. The molecule has 1 aliphatic rings. The van der Waals surface area contributed by atoms with Gasteiger partial charge in [-0.3, -0.25) is 14.9 Å². The van der Waals surface area contributed by atoms with E-state index in [9.17, 15) is 14.7 Å². The first-order valence-corrected chi connectivity index (χ1v) is 8.57. The Morgan fingerprint density at radius 3 is 2.65 bits per heavy atom. The third-order valence-corrected chi connectivity index (χ3v) is 4.73. The minimum Gasteiger partial charge on any atom is -0.494 e. The normalized spacial score (nSPS) is 17.3. The van der Waals surface area contributed by atoms with Gasteiger partial charge in [0.25, 0.3) is 0 Å². The molecule has 2 heterocycles. The number of imide groups is 1. The quantitative estimate of drug-likeness (QED) is 0.633. The van der Waals surface area contributed by atoms with Crippen molar-refractivity contribution >= 4 is 28.3 Å². The summed E-state index contributed by atoms with van der Waals surface area (Å²) in [7, 11) is 0. The van der Waals surface area contributed by atoms with Crippen molar-refractivity contribution < 1.29 is 14.7 Å². The number of anilines is 1. The van der Waals surface area contributed by atoms with Gasteiger partial charge in [0.15, 0.2) is 5.88 Å². The average molecular weight is 349 g/mol. The molecule has 132 valence electrons. The van der Waals surface area contributed by atoms with Gasteiger partial charge in [-0.05, 0) is 24.1 Å². The van der Waals surface area contributed by atoms with Crippen LogP contribution in [-0.4, -0.2) is 21.5 Å². The Morgan fingerprint density at radius 2 is 1.88 bits per heavy atom. The third-order valence-electron chi connectivity index (χ3n) is 4.73. The molecule has 2 aromatic carbocycles. The second kappa shape index (κ2) is 6.55. The molecule has 1 fully saturated rings. The lowest BCUT2D eigenvalue weighted by Crippen LogP contribution is -2.41. The maximum Gasteiger partial charge on any atom is 0.249 e. The number of aromatic hydroxyl groups is 1. The third kappa shape index (κ3) is 2.90. The van der Waals surface area contributed by atoms with Gasteiger partial charge in [0, 0.05) is 35.6 Å². The number of piperidine rings is 1. The predicted octanol–water partition coefficient (Wildman–Crippen LogP) is 2.94. The summed E-state index contributed by atoms with van der Waals surface area (Å²) in [5.74, 6) is -0.610. The summed E-state index contributed by atoms with van der Waals surface area (Å²) in [5.41, 5.74) is 2.03. The maximum absolute atomic E-state index is 12.2. The van der Waals surface area contributed by atoms with E-state index in [0.29, 0.717) is 18.4 Å². The van der Waals surface area contributed by atoms with E-state index >= 15 is 0 Å². The second-order valence-electron chi connectivity index (χ2n) is 6.43. The first kappa shape index (κ1) is 16.2. The number of amides is 2.